The van der Waals surface area contributed by atoms with Crippen molar-refractivity contribution in [3.63, 3.8) is 0 Å². The molecular weight excluding hydrogens is 400 g/mol. The van der Waals surface area contributed by atoms with E-state index in [-0.39, 0.29) is 10.8 Å². The molecule has 0 spiro atoms. The Balaban J connectivity index is 0.00000176. The summed E-state index contributed by atoms with van der Waals surface area (Å²) in [6, 6.07) is 12.0. The van der Waals surface area contributed by atoms with Crippen molar-refractivity contribution < 1.29 is 14.3 Å². The van der Waals surface area contributed by atoms with Gasteiger partial charge in [0.1, 0.15) is 17.8 Å². The maximum absolute atomic E-state index is 10.9. The molecule has 0 radical (unpaired) electrons. The highest BCUT2D eigenvalue weighted by Gasteiger charge is 2.27. The number of rotatable bonds is 5. The number of phenolic OH excluding ortho intramolecular Hbond substituents is 1. The third-order valence-electron chi connectivity index (χ3n) is 5.17. The third kappa shape index (κ3) is 6.36. The van der Waals surface area contributed by atoms with Crippen LogP contribution in [-0.4, -0.2) is 23.7 Å². The number of benzene rings is 2. The average molecular weight is 439 g/mol. The lowest BCUT2D eigenvalue weighted by molar-refractivity contribution is 0.320. The van der Waals surface area contributed by atoms with Gasteiger partial charge in [-0.1, -0.05) is 59.2 Å². The lowest BCUT2D eigenvalue weighted by atomic mass is 9.78. The zero-order valence-corrected chi connectivity index (χ0v) is 20.7. The molecule has 3 N–H and O–H groups in total. The van der Waals surface area contributed by atoms with Crippen molar-refractivity contribution in [2.24, 2.45) is 5.73 Å². The van der Waals surface area contributed by atoms with Gasteiger partial charge in [-0.15, -0.1) is 0 Å². The first-order valence-electron chi connectivity index (χ1n) is 11.0. The van der Waals surface area contributed by atoms with Gasteiger partial charge in [0.2, 0.25) is 5.89 Å². The Kier molecular flexibility index (Phi) is 8.13. The highest BCUT2D eigenvalue weighted by Crippen LogP contribution is 2.41. The van der Waals surface area contributed by atoms with Crippen molar-refractivity contribution >= 4 is 0 Å². The number of nitrogens with zero attached hydrogens (tertiary/aromatic N) is 1. The first kappa shape index (κ1) is 25.5. The smallest absolute Gasteiger partial charge is 0.226 e. The molecule has 0 saturated carbocycles. The Morgan fingerprint density at radius 1 is 0.938 bits per heavy atom. The lowest BCUT2D eigenvalue weighted by Gasteiger charge is -2.27. The average Bonchev–Trinajstić information content (AvgIpc) is 3.18. The fraction of sp³-hybridized carbons (Fsp3) is 0.444. The van der Waals surface area contributed by atoms with Crippen molar-refractivity contribution in [2.45, 2.75) is 65.7 Å². The molecule has 0 fully saturated rings. The van der Waals surface area contributed by atoms with Gasteiger partial charge in [-0.2, -0.15) is 0 Å². The fourth-order valence-electron chi connectivity index (χ4n) is 3.36. The molecule has 0 aliphatic carbocycles. The van der Waals surface area contributed by atoms with Gasteiger partial charge < -0.3 is 20.0 Å². The summed E-state index contributed by atoms with van der Waals surface area (Å²) in [4.78, 5) is 4.67. The molecule has 32 heavy (non-hydrogen) atoms. The van der Waals surface area contributed by atoms with Crippen LogP contribution < -0.4 is 10.5 Å². The molecular formula is C27H38N2O3. The van der Waals surface area contributed by atoms with Gasteiger partial charge in [0.25, 0.3) is 0 Å². The zero-order chi connectivity index (χ0) is 24.1. The molecule has 0 saturated heterocycles. The molecule has 3 rings (SSSR count). The SMILES string of the molecule is CN.Cc1ccc(OCCc2coc(-c3cc(C(C)(C)C)c(O)c(C(C)(C)C)c3)n2)cc1. The summed E-state index contributed by atoms with van der Waals surface area (Å²) < 4.78 is 11.6. The Labute approximate surface area is 192 Å². The molecule has 0 unspecified atom stereocenters. The van der Waals surface area contributed by atoms with Crippen molar-refractivity contribution in [2.75, 3.05) is 13.7 Å². The van der Waals surface area contributed by atoms with Gasteiger partial charge in [-0.25, -0.2) is 4.98 Å². The Morgan fingerprint density at radius 2 is 1.47 bits per heavy atom. The van der Waals surface area contributed by atoms with E-state index in [4.69, 9.17) is 9.15 Å². The van der Waals surface area contributed by atoms with E-state index < -0.39 is 0 Å². The lowest BCUT2D eigenvalue weighted by Crippen LogP contribution is -2.17. The molecule has 0 atom stereocenters. The van der Waals surface area contributed by atoms with Crippen molar-refractivity contribution in [3.8, 4) is 23.0 Å². The quantitative estimate of drug-likeness (QED) is 0.499. The van der Waals surface area contributed by atoms with Crippen LogP contribution in [-0.2, 0) is 17.3 Å². The van der Waals surface area contributed by atoms with Gasteiger partial charge >= 0.3 is 0 Å². The van der Waals surface area contributed by atoms with Gasteiger partial charge in [-0.05, 0) is 49.1 Å². The van der Waals surface area contributed by atoms with Crippen LogP contribution in [0, 0.1) is 6.92 Å². The van der Waals surface area contributed by atoms with Crippen molar-refractivity contribution in [1.82, 2.24) is 4.98 Å². The largest absolute Gasteiger partial charge is 0.507 e. The second-order valence-corrected chi connectivity index (χ2v) is 9.98. The first-order valence-corrected chi connectivity index (χ1v) is 11.0. The topological polar surface area (TPSA) is 81.5 Å². The van der Waals surface area contributed by atoms with Crippen LogP contribution in [0.3, 0.4) is 0 Å². The second kappa shape index (κ2) is 10.2. The van der Waals surface area contributed by atoms with Gasteiger partial charge in [0.05, 0.1) is 12.3 Å². The van der Waals surface area contributed by atoms with Crippen LogP contribution in [0.1, 0.15) is 63.9 Å². The Bertz CT molecular complexity index is 972. The predicted octanol–water partition coefficient (Wildman–Crippen LogP) is 6.15. The van der Waals surface area contributed by atoms with Gasteiger partial charge in [0, 0.05) is 23.1 Å². The number of nitrogens with two attached hydrogens (primary N) is 1. The maximum atomic E-state index is 10.9. The van der Waals surface area contributed by atoms with E-state index in [9.17, 15) is 5.11 Å². The van der Waals surface area contributed by atoms with E-state index in [0.717, 1.165) is 28.1 Å². The number of aryl methyl sites for hydroxylation is 1. The van der Waals surface area contributed by atoms with Crippen molar-refractivity contribution in [1.29, 1.82) is 0 Å². The molecule has 5 nitrogen and oxygen atoms in total. The summed E-state index contributed by atoms with van der Waals surface area (Å²) in [6.45, 7) is 15.2. The van der Waals surface area contributed by atoms with Crippen LogP contribution in [0.2, 0.25) is 0 Å². The molecule has 5 heteroatoms. The summed E-state index contributed by atoms with van der Waals surface area (Å²) >= 11 is 0. The number of hydrogen-bond donors (Lipinski definition) is 2. The van der Waals surface area contributed by atoms with E-state index in [1.807, 2.05) is 36.4 Å². The fourth-order valence-corrected chi connectivity index (χ4v) is 3.36. The molecule has 2 aromatic carbocycles. The molecule has 3 aromatic rings. The summed E-state index contributed by atoms with van der Waals surface area (Å²) in [6.07, 6.45) is 2.35. The van der Waals surface area contributed by atoms with E-state index in [2.05, 4.69) is 59.2 Å². The molecule has 0 bridgehead atoms. The number of phenols is 1. The summed E-state index contributed by atoms with van der Waals surface area (Å²) in [5.74, 6) is 1.78. The van der Waals surface area contributed by atoms with E-state index in [1.54, 1.807) is 6.26 Å². The number of oxazole rings is 1. The molecule has 0 aliphatic heterocycles. The molecule has 1 heterocycles. The Morgan fingerprint density at radius 3 is 1.97 bits per heavy atom. The van der Waals surface area contributed by atoms with Crippen LogP contribution in [0.5, 0.6) is 11.5 Å². The standard InChI is InChI=1S/C26H33NO3.CH5N/c1-17-8-10-20(11-9-17)29-13-12-19-16-30-24(27-19)18-14-21(25(2,3)4)23(28)22(15-18)26(5,6)7;1-2/h8-11,14-16,28H,12-13H2,1-7H3;2H2,1H3. The second-order valence-electron chi connectivity index (χ2n) is 9.98. The highest BCUT2D eigenvalue weighted by atomic mass is 16.5. The normalized spacial score (nSPS) is 11.7. The number of aromatic hydroxyl groups is 1. The minimum absolute atomic E-state index is 0.197. The molecule has 174 valence electrons. The van der Waals surface area contributed by atoms with Crippen LogP contribution in [0.25, 0.3) is 11.5 Å². The predicted molar refractivity (Wildman–Crippen MR) is 131 cm³/mol. The van der Waals surface area contributed by atoms with E-state index in [1.165, 1.54) is 12.6 Å². The minimum atomic E-state index is -0.197. The van der Waals surface area contributed by atoms with E-state index >= 15 is 0 Å². The summed E-state index contributed by atoms with van der Waals surface area (Å²) in [5, 5.41) is 10.9. The number of hydrogen-bond acceptors (Lipinski definition) is 5. The first-order chi connectivity index (χ1) is 14.9. The Hall–Kier alpha value is -2.79. The number of ether oxygens (including phenoxy) is 1. The van der Waals surface area contributed by atoms with Crippen LogP contribution in [0.4, 0.5) is 0 Å². The summed E-state index contributed by atoms with van der Waals surface area (Å²) in [5.41, 5.74) is 8.84. The van der Waals surface area contributed by atoms with Gasteiger partial charge in [0.15, 0.2) is 0 Å². The monoisotopic (exact) mass is 438 g/mol. The molecule has 0 amide bonds. The minimum Gasteiger partial charge on any atom is -0.507 e. The van der Waals surface area contributed by atoms with Crippen molar-refractivity contribution in [3.05, 3.63) is 65.0 Å². The zero-order valence-electron chi connectivity index (χ0n) is 20.7. The maximum Gasteiger partial charge on any atom is 0.226 e. The molecule has 1 aromatic heterocycles. The third-order valence-corrected chi connectivity index (χ3v) is 5.17. The van der Waals surface area contributed by atoms with E-state index in [0.29, 0.717) is 24.7 Å². The number of aromatic nitrogens is 1. The van der Waals surface area contributed by atoms with Crippen LogP contribution >= 0.6 is 0 Å². The van der Waals surface area contributed by atoms with Crippen LogP contribution in [0.15, 0.2) is 47.1 Å². The summed E-state index contributed by atoms with van der Waals surface area (Å²) in [7, 11) is 1.50. The molecule has 0 aliphatic rings. The highest BCUT2D eigenvalue weighted by molar-refractivity contribution is 5.63. The van der Waals surface area contributed by atoms with Gasteiger partial charge in [-0.3, -0.25) is 0 Å².